The van der Waals surface area contributed by atoms with Gasteiger partial charge < -0.3 is 10.1 Å². The number of nitrogens with one attached hydrogen (secondary N) is 1. The molecule has 0 aliphatic heterocycles. The number of rotatable bonds is 4. The number of thiophene rings is 1. The van der Waals surface area contributed by atoms with E-state index in [9.17, 15) is 9.59 Å². The second kappa shape index (κ2) is 6.96. The molecule has 5 heteroatoms. The first kappa shape index (κ1) is 17.2. The predicted octanol–water partition coefficient (Wildman–Crippen LogP) is 4.81. The monoisotopic (exact) mass is 331 g/mol. The van der Waals surface area contributed by atoms with E-state index in [1.165, 1.54) is 11.3 Å². The summed E-state index contributed by atoms with van der Waals surface area (Å²) in [6.45, 7) is 7.41. The van der Waals surface area contributed by atoms with Crippen molar-refractivity contribution in [1.29, 1.82) is 0 Å². The fourth-order valence-electron chi connectivity index (χ4n) is 2.10. The van der Waals surface area contributed by atoms with Crippen molar-refractivity contribution in [2.24, 2.45) is 0 Å². The largest absolute Gasteiger partial charge is 0.444 e. The number of hydrogen-bond acceptors (Lipinski definition) is 4. The number of amides is 1. The van der Waals surface area contributed by atoms with Gasteiger partial charge in [0.25, 0.3) is 0 Å². The Bertz CT molecular complexity index is 700. The fourth-order valence-corrected chi connectivity index (χ4v) is 2.92. The van der Waals surface area contributed by atoms with Crippen molar-refractivity contribution in [3.63, 3.8) is 0 Å². The van der Waals surface area contributed by atoms with Crippen molar-refractivity contribution in [2.45, 2.75) is 39.3 Å². The van der Waals surface area contributed by atoms with Gasteiger partial charge in [-0.25, -0.2) is 4.79 Å². The number of hydrogen-bond donors (Lipinski definition) is 1. The average Bonchev–Trinajstić information content (AvgIpc) is 2.94. The zero-order valence-corrected chi connectivity index (χ0v) is 14.6. The third kappa shape index (κ3) is 4.93. The van der Waals surface area contributed by atoms with Crippen LogP contribution >= 0.6 is 11.3 Å². The van der Waals surface area contributed by atoms with Gasteiger partial charge in [-0.3, -0.25) is 4.79 Å². The van der Waals surface area contributed by atoms with Crippen molar-refractivity contribution in [3.8, 4) is 10.4 Å². The van der Waals surface area contributed by atoms with Crippen LogP contribution in [0.4, 0.5) is 4.79 Å². The molecule has 1 N–H and O–H groups in total. The van der Waals surface area contributed by atoms with E-state index in [4.69, 9.17) is 4.74 Å². The van der Waals surface area contributed by atoms with E-state index in [1.54, 1.807) is 0 Å². The summed E-state index contributed by atoms with van der Waals surface area (Å²) in [6, 6.07) is 11.5. The second-order valence-corrected chi connectivity index (χ2v) is 7.43. The molecule has 1 heterocycles. The molecule has 2 rings (SSSR count). The molecule has 4 nitrogen and oxygen atoms in total. The molecule has 1 atom stereocenters. The lowest BCUT2D eigenvalue weighted by Gasteiger charge is -2.22. The molecular weight excluding hydrogens is 310 g/mol. The van der Waals surface area contributed by atoms with E-state index >= 15 is 0 Å². The first-order chi connectivity index (χ1) is 10.8. The Morgan fingerprint density at radius 3 is 2.61 bits per heavy atom. The first-order valence-corrected chi connectivity index (χ1v) is 8.25. The number of benzene rings is 1. The van der Waals surface area contributed by atoms with E-state index < -0.39 is 11.7 Å². The van der Waals surface area contributed by atoms with Crippen LogP contribution < -0.4 is 5.32 Å². The first-order valence-electron chi connectivity index (χ1n) is 7.43. The van der Waals surface area contributed by atoms with Gasteiger partial charge in [-0.15, -0.1) is 11.3 Å². The Balaban J connectivity index is 2.12. The summed E-state index contributed by atoms with van der Waals surface area (Å²) in [7, 11) is 0. The molecule has 1 aromatic heterocycles. The molecule has 0 bridgehead atoms. The fraction of sp³-hybridized carbons (Fsp3) is 0.333. The highest BCUT2D eigenvalue weighted by molar-refractivity contribution is 7.17. The molecule has 2 aromatic rings. The molecule has 0 fully saturated rings. The summed E-state index contributed by atoms with van der Waals surface area (Å²) in [6.07, 6.45) is 0.416. The summed E-state index contributed by atoms with van der Waals surface area (Å²) < 4.78 is 5.28. The van der Waals surface area contributed by atoms with Crippen molar-refractivity contribution in [2.75, 3.05) is 0 Å². The SMILES string of the molecule is CC(NC(=O)OC(C)(C)C)c1cccc(-c2ccc(C=O)s2)c1. The van der Waals surface area contributed by atoms with Crippen molar-refractivity contribution in [1.82, 2.24) is 5.32 Å². The van der Waals surface area contributed by atoms with Crippen LogP contribution in [0.1, 0.15) is 49.0 Å². The van der Waals surface area contributed by atoms with E-state index in [1.807, 2.05) is 64.1 Å². The lowest BCUT2D eigenvalue weighted by atomic mass is 10.0. The molecule has 0 saturated carbocycles. The highest BCUT2D eigenvalue weighted by atomic mass is 32.1. The van der Waals surface area contributed by atoms with Gasteiger partial charge in [0.05, 0.1) is 10.9 Å². The Morgan fingerprint density at radius 2 is 2.00 bits per heavy atom. The standard InChI is InChI=1S/C18H21NO3S/c1-12(19-17(21)22-18(2,3)4)13-6-5-7-14(10-13)16-9-8-15(11-20)23-16/h5-12H,1-4H3,(H,19,21). The lowest BCUT2D eigenvalue weighted by Crippen LogP contribution is -2.34. The van der Waals surface area contributed by atoms with E-state index in [0.29, 0.717) is 4.88 Å². The van der Waals surface area contributed by atoms with Crippen molar-refractivity contribution >= 4 is 23.7 Å². The van der Waals surface area contributed by atoms with Crippen LogP contribution in [0, 0.1) is 0 Å². The van der Waals surface area contributed by atoms with Gasteiger partial charge in [-0.2, -0.15) is 0 Å². The van der Waals surface area contributed by atoms with Crippen LogP contribution in [0.15, 0.2) is 36.4 Å². The summed E-state index contributed by atoms with van der Waals surface area (Å²) in [5.41, 5.74) is 1.49. The van der Waals surface area contributed by atoms with Gasteiger partial charge >= 0.3 is 6.09 Å². The maximum Gasteiger partial charge on any atom is 0.408 e. The quantitative estimate of drug-likeness (QED) is 0.818. The van der Waals surface area contributed by atoms with Crippen molar-refractivity contribution < 1.29 is 14.3 Å². The maximum atomic E-state index is 11.9. The minimum atomic E-state index is -0.520. The Kier molecular flexibility index (Phi) is 5.21. The minimum Gasteiger partial charge on any atom is -0.444 e. The molecule has 0 aliphatic carbocycles. The normalized spacial score (nSPS) is 12.5. The summed E-state index contributed by atoms with van der Waals surface area (Å²) >= 11 is 1.45. The number of aldehydes is 1. The molecule has 1 amide bonds. The van der Waals surface area contributed by atoms with Crippen LogP contribution in [-0.2, 0) is 4.74 Å². The highest BCUT2D eigenvalue weighted by Gasteiger charge is 2.18. The van der Waals surface area contributed by atoms with E-state index in [-0.39, 0.29) is 6.04 Å². The van der Waals surface area contributed by atoms with Crippen LogP contribution in [0.3, 0.4) is 0 Å². The topological polar surface area (TPSA) is 55.4 Å². The maximum absolute atomic E-state index is 11.9. The zero-order chi connectivity index (χ0) is 17.0. The Morgan fingerprint density at radius 1 is 1.26 bits per heavy atom. The van der Waals surface area contributed by atoms with E-state index in [0.717, 1.165) is 22.3 Å². The van der Waals surface area contributed by atoms with Crippen LogP contribution in [-0.4, -0.2) is 18.0 Å². The van der Waals surface area contributed by atoms with Gasteiger partial charge in [0.1, 0.15) is 5.60 Å². The molecule has 0 saturated heterocycles. The third-order valence-electron chi connectivity index (χ3n) is 3.15. The summed E-state index contributed by atoms with van der Waals surface area (Å²) in [5.74, 6) is 0. The average molecular weight is 331 g/mol. The molecule has 122 valence electrons. The van der Waals surface area contributed by atoms with Gasteiger partial charge in [0, 0.05) is 4.88 Å². The molecule has 1 unspecified atom stereocenters. The molecule has 0 spiro atoms. The van der Waals surface area contributed by atoms with Gasteiger partial charge in [0.15, 0.2) is 6.29 Å². The molecule has 0 aliphatic rings. The molecule has 0 radical (unpaired) electrons. The third-order valence-corrected chi connectivity index (χ3v) is 4.21. The number of carbonyl (C=O) groups excluding carboxylic acids is 2. The number of ether oxygens (including phenoxy) is 1. The number of alkyl carbamates (subject to hydrolysis) is 1. The smallest absolute Gasteiger partial charge is 0.408 e. The summed E-state index contributed by atoms with van der Waals surface area (Å²) in [5, 5.41) is 2.83. The van der Waals surface area contributed by atoms with Gasteiger partial charge in [0.2, 0.25) is 0 Å². The summed E-state index contributed by atoms with van der Waals surface area (Å²) in [4.78, 5) is 24.4. The molecular formula is C18H21NO3S. The minimum absolute atomic E-state index is 0.171. The second-order valence-electron chi connectivity index (χ2n) is 6.31. The van der Waals surface area contributed by atoms with Gasteiger partial charge in [-0.1, -0.05) is 18.2 Å². The van der Waals surface area contributed by atoms with E-state index in [2.05, 4.69) is 5.32 Å². The lowest BCUT2D eigenvalue weighted by molar-refractivity contribution is 0.0508. The van der Waals surface area contributed by atoms with Crippen LogP contribution in [0.5, 0.6) is 0 Å². The van der Waals surface area contributed by atoms with Crippen LogP contribution in [0.2, 0.25) is 0 Å². The Labute approximate surface area is 140 Å². The molecule has 1 aromatic carbocycles. The number of carbonyl (C=O) groups is 2. The van der Waals surface area contributed by atoms with Crippen molar-refractivity contribution in [3.05, 3.63) is 46.8 Å². The predicted molar refractivity (Wildman–Crippen MR) is 92.9 cm³/mol. The zero-order valence-electron chi connectivity index (χ0n) is 13.8. The van der Waals surface area contributed by atoms with Crippen LogP contribution in [0.25, 0.3) is 10.4 Å². The van der Waals surface area contributed by atoms with Gasteiger partial charge in [-0.05, 0) is 57.0 Å². The highest BCUT2D eigenvalue weighted by Crippen LogP contribution is 2.29. The molecule has 23 heavy (non-hydrogen) atoms. The Hall–Kier alpha value is -2.14.